The van der Waals surface area contributed by atoms with E-state index in [9.17, 15) is 9.59 Å². The number of aryl methyl sites for hydroxylation is 1. The first-order chi connectivity index (χ1) is 19.0. The molecule has 0 N–H and O–H groups in total. The van der Waals surface area contributed by atoms with Crippen LogP contribution in [0.3, 0.4) is 0 Å². The van der Waals surface area contributed by atoms with Crippen molar-refractivity contribution in [2.75, 3.05) is 32.8 Å². The Morgan fingerprint density at radius 1 is 1.15 bits per heavy atom. The molecule has 4 aromatic rings. The molecule has 39 heavy (non-hydrogen) atoms. The van der Waals surface area contributed by atoms with Crippen molar-refractivity contribution in [1.29, 1.82) is 0 Å². The lowest BCUT2D eigenvalue weighted by Crippen LogP contribution is -2.45. The maximum Gasteiger partial charge on any atom is 0.282 e. The Hall–Kier alpha value is -3.89. The van der Waals surface area contributed by atoms with E-state index in [0.29, 0.717) is 50.1 Å². The minimum Gasteiger partial charge on any atom is -0.378 e. The summed E-state index contributed by atoms with van der Waals surface area (Å²) in [7, 11) is 1.94. The largest absolute Gasteiger partial charge is 0.378 e. The van der Waals surface area contributed by atoms with Crippen LogP contribution < -0.4 is 0 Å². The van der Waals surface area contributed by atoms with Crippen molar-refractivity contribution >= 4 is 39.9 Å². The monoisotopic (exact) mass is 540 g/mol. The van der Waals surface area contributed by atoms with Crippen molar-refractivity contribution in [3.05, 3.63) is 70.8 Å². The normalized spacial score (nSPS) is 22.9. The van der Waals surface area contributed by atoms with E-state index in [1.165, 1.54) is 11.3 Å². The lowest BCUT2D eigenvalue weighted by Gasteiger charge is -2.25. The van der Waals surface area contributed by atoms with Gasteiger partial charge in [0.25, 0.3) is 11.8 Å². The third-order valence-electron chi connectivity index (χ3n) is 8.07. The molecular weight excluding hydrogens is 512 g/mol. The molecule has 2 saturated heterocycles. The summed E-state index contributed by atoms with van der Waals surface area (Å²) < 4.78 is 7.51. The first-order valence-corrected chi connectivity index (χ1v) is 14.1. The molecule has 2 aromatic heterocycles. The Morgan fingerprint density at radius 3 is 2.74 bits per heavy atom. The molecule has 9 nitrogen and oxygen atoms in total. The number of rotatable bonds is 5. The van der Waals surface area contributed by atoms with Gasteiger partial charge in [0.2, 0.25) is 0 Å². The van der Waals surface area contributed by atoms with Gasteiger partial charge in [-0.15, -0.1) is 11.3 Å². The number of aromatic nitrogens is 3. The van der Waals surface area contributed by atoms with Crippen LogP contribution in [0.4, 0.5) is 0 Å². The summed E-state index contributed by atoms with van der Waals surface area (Å²) in [6.45, 7) is 2.65. The van der Waals surface area contributed by atoms with Gasteiger partial charge in [-0.3, -0.25) is 19.2 Å². The zero-order chi connectivity index (χ0) is 26.6. The molecule has 10 heteroatoms. The number of benzene rings is 2. The van der Waals surface area contributed by atoms with Crippen molar-refractivity contribution in [3.8, 4) is 11.1 Å². The number of hydrogen-bond acceptors (Lipinski definition) is 7. The smallest absolute Gasteiger partial charge is 0.282 e. The van der Waals surface area contributed by atoms with E-state index >= 15 is 0 Å². The number of amides is 2. The van der Waals surface area contributed by atoms with Crippen LogP contribution in [0.2, 0.25) is 0 Å². The Kier molecular flexibility index (Phi) is 5.82. The number of carbonyl (C=O) groups excluding carboxylic acids is 2. The molecule has 2 atom stereocenters. The number of fused-ring (bicyclic) bond motifs is 1. The third-order valence-corrected chi connectivity index (χ3v) is 8.83. The number of carbonyl (C=O) groups is 2. The standard InChI is InChI=1S/C29H28N6O3S/c1-33-24-7-6-22(14-23(24)15-31-33)20-2-4-21(5-3-20)25-32-29(9-12-38-18-29)28(37)35(25)17-19-8-11-34(16-19)27(36)26-30-10-13-39-26/h2-7,10,13-15,19H,8-9,11-12,16-18H2,1H3. The van der Waals surface area contributed by atoms with Crippen LogP contribution in [0.1, 0.15) is 28.2 Å². The summed E-state index contributed by atoms with van der Waals surface area (Å²) >= 11 is 1.36. The first kappa shape index (κ1) is 24.2. The predicted octanol–water partition coefficient (Wildman–Crippen LogP) is 3.61. The number of nitrogens with zero attached hydrogens (tertiary/aromatic N) is 6. The first-order valence-electron chi connectivity index (χ1n) is 13.2. The van der Waals surface area contributed by atoms with Gasteiger partial charge in [-0.25, -0.2) is 9.98 Å². The fourth-order valence-corrected chi connectivity index (χ4v) is 6.50. The minimum atomic E-state index is -0.839. The van der Waals surface area contributed by atoms with E-state index in [2.05, 4.69) is 40.4 Å². The average molecular weight is 541 g/mol. The molecule has 7 rings (SSSR count). The quantitative estimate of drug-likeness (QED) is 0.386. The highest BCUT2D eigenvalue weighted by atomic mass is 32.1. The van der Waals surface area contributed by atoms with Crippen LogP contribution in [0.25, 0.3) is 22.0 Å². The molecule has 3 aliphatic rings. The molecule has 5 heterocycles. The number of hydrogen-bond donors (Lipinski definition) is 0. The fraction of sp³-hybridized carbons (Fsp3) is 0.345. The molecule has 2 aromatic carbocycles. The summed E-state index contributed by atoms with van der Waals surface area (Å²) in [5.74, 6) is 0.844. The van der Waals surface area contributed by atoms with Crippen molar-refractivity contribution in [1.82, 2.24) is 24.6 Å². The van der Waals surface area contributed by atoms with Gasteiger partial charge in [0.1, 0.15) is 5.84 Å². The van der Waals surface area contributed by atoms with E-state index in [1.807, 2.05) is 45.2 Å². The van der Waals surface area contributed by atoms with Crippen molar-refractivity contribution in [2.45, 2.75) is 18.4 Å². The molecule has 0 bridgehead atoms. The van der Waals surface area contributed by atoms with Crippen LogP contribution in [0, 0.1) is 5.92 Å². The van der Waals surface area contributed by atoms with Crippen LogP contribution in [-0.4, -0.2) is 80.6 Å². The second-order valence-electron chi connectivity index (χ2n) is 10.5. The highest BCUT2D eigenvalue weighted by Crippen LogP contribution is 2.35. The van der Waals surface area contributed by atoms with Crippen LogP contribution in [0.5, 0.6) is 0 Å². The molecule has 198 valence electrons. The zero-order valence-corrected chi connectivity index (χ0v) is 22.4. The molecule has 1 spiro atoms. The Balaban J connectivity index is 1.14. The molecule has 2 fully saturated rings. The number of amidine groups is 1. The van der Waals surface area contributed by atoms with Crippen molar-refractivity contribution in [3.63, 3.8) is 0 Å². The van der Waals surface area contributed by atoms with E-state index in [1.54, 1.807) is 6.20 Å². The van der Waals surface area contributed by atoms with Gasteiger partial charge in [-0.1, -0.05) is 30.3 Å². The summed E-state index contributed by atoms with van der Waals surface area (Å²) in [5, 5.41) is 7.77. The molecule has 2 amide bonds. The number of likely N-dealkylation sites (tertiary alicyclic amines) is 1. The average Bonchev–Trinajstić information content (AvgIpc) is 3.80. The van der Waals surface area contributed by atoms with E-state index < -0.39 is 5.54 Å². The number of aliphatic imine (C=N–C) groups is 1. The topological polar surface area (TPSA) is 92.9 Å². The maximum atomic E-state index is 13.8. The third kappa shape index (κ3) is 4.15. The lowest BCUT2D eigenvalue weighted by molar-refractivity contribution is -0.131. The van der Waals surface area contributed by atoms with E-state index in [0.717, 1.165) is 34.0 Å². The van der Waals surface area contributed by atoms with Gasteiger partial charge >= 0.3 is 0 Å². The van der Waals surface area contributed by atoms with Crippen LogP contribution >= 0.6 is 11.3 Å². The van der Waals surface area contributed by atoms with Crippen molar-refractivity contribution in [2.24, 2.45) is 18.0 Å². The Labute approximate surface area is 229 Å². The summed E-state index contributed by atoms with van der Waals surface area (Å²) in [6, 6.07) is 14.6. The second kappa shape index (κ2) is 9.39. The van der Waals surface area contributed by atoms with Crippen molar-refractivity contribution < 1.29 is 14.3 Å². The molecular formula is C29H28N6O3S. The Bertz CT molecular complexity index is 1590. The zero-order valence-electron chi connectivity index (χ0n) is 21.6. The highest BCUT2D eigenvalue weighted by Gasteiger charge is 2.51. The fourth-order valence-electron chi connectivity index (χ4n) is 5.90. The summed E-state index contributed by atoms with van der Waals surface area (Å²) in [6.07, 6.45) is 4.96. The van der Waals surface area contributed by atoms with Gasteiger partial charge in [0.05, 0.1) is 18.3 Å². The van der Waals surface area contributed by atoms with E-state index in [4.69, 9.17) is 9.73 Å². The summed E-state index contributed by atoms with van der Waals surface area (Å²) in [5.41, 5.74) is 3.36. The minimum absolute atomic E-state index is 0.00538. The van der Waals surface area contributed by atoms with Gasteiger partial charge in [0.15, 0.2) is 10.5 Å². The number of ether oxygens (including phenoxy) is 1. The number of thiazole rings is 1. The molecule has 2 unspecified atom stereocenters. The summed E-state index contributed by atoms with van der Waals surface area (Å²) in [4.78, 5) is 39.4. The van der Waals surface area contributed by atoms with Crippen LogP contribution in [-0.2, 0) is 16.6 Å². The van der Waals surface area contributed by atoms with E-state index in [-0.39, 0.29) is 17.7 Å². The molecule has 0 aliphatic carbocycles. The maximum absolute atomic E-state index is 13.8. The van der Waals surface area contributed by atoms with Crippen LogP contribution in [0.15, 0.2) is 65.2 Å². The van der Waals surface area contributed by atoms with Gasteiger partial charge in [-0.05, 0) is 35.6 Å². The second-order valence-corrected chi connectivity index (χ2v) is 11.4. The molecule has 0 radical (unpaired) electrons. The molecule has 0 saturated carbocycles. The van der Waals surface area contributed by atoms with Gasteiger partial charge < -0.3 is 9.64 Å². The van der Waals surface area contributed by atoms with Gasteiger partial charge in [-0.2, -0.15) is 5.10 Å². The predicted molar refractivity (Wildman–Crippen MR) is 149 cm³/mol. The highest BCUT2D eigenvalue weighted by molar-refractivity contribution is 7.11. The Morgan fingerprint density at radius 2 is 1.97 bits per heavy atom. The van der Waals surface area contributed by atoms with Gasteiger partial charge in [0, 0.05) is 62.2 Å². The lowest BCUT2D eigenvalue weighted by atomic mass is 9.98. The molecule has 3 aliphatic heterocycles. The SMILES string of the molecule is Cn1ncc2cc(-c3ccc(C4=NC5(CCOC5)C(=O)N4CC4CCN(C(=O)c5nccs5)C4)cc3)ccc21.